The first-order valence-corrected chi connectivity index (χ1v) is 9.14. The Morgan fingerprint density at radius 2 is 2.21 bits per heavy atom. The van der Waals surface area contributed by atoms with Gasteiger partial charge >= 0.3 is 0 Å². The van der Waals surface area contributed by atoms with E-state index in [0.29, 0.717) is 31.7 Å². The molecule has 1 aliphatic heterocycles. The topological polar surface area (TPSA) is 95.7 Å². The molecule has 0 aliphatic carbocycles. The minimum Gasteiger partial charge on any atom is -0.443 e. The maximum Gasteiger partial charge on any atom is 0.290 e. The highest BCUT2D eigenvalue weighted by Crippen LogP contribution is 2.16. The largest absolute Gasteiger partial charge is 0.443 e. The Labute approximate surface area is 163 Å². The number of amides is 2. The summed E-state index contributed by atoms with van der Waals surface area (Å²) in [6, 6.07) is 8.59. The predicted molar refractivity (Wildman–Crippen MR) is 102 cm³/mol. The Morgan fingerprint density at radius 1 is 1.39 bits per heavy atom. The van der Waals surface area contributed by atoms with Crippen molar-refractivity contribution in [3.05, 3.63) is 53.7 Å². The van der Waals surface area contributed by atoms with Crippen LogP contribution in [0.5, 0.6) is 0 Å². The third-order valence-corrected chi connectivity index (χ3v) is 4.20. The Balaban J connectivity index is 1.78. The number of pyridine rings is 1. The Bertz CT molecular complexity index is 903. The molecule has 3 rings (SSSR count). The molecule has 146 valence electrons. The molecule has 7 heteroatoms. The van der Waals surface area contributed by atoms with Crippen molar-refractivity contribution >= 4 is 11.8 Å². The number of aliphatic hydroxyl groups is 1. The lowest BCUT2D eigenvalue weighted by Gasteiger charge is -2.24. The second-order valence-corrected chi connectivity index (χ2v) is 7.28. The van der Waals surface area contributed by atoms with Crippen molar-refractivity contribution in [1.82, 2.24) is 15.2 Å². The van der Waals surface area contributed by atoms with Crippen molar-refractivity contribution in [3.63, 3.8) is 0 Å². The second-order valence-electron chi connectivity index (χ2n) is 7.28. The molecule has 0 aromatic carbocycles. The van der Waals surface area contributed by atoms with Gasteiger partial charge in [-0.3, -0.25) is 14.6 Å². The van der Waals surface area contributed by atoms with Crippen molar-refractivity contribution < 1.29 is 19.1 Å². The molecule has 2 aromatic heterocycles. The summed E-state index contributed by atoms with van der Waals surface area (Å²) in [5.41, 5.74) is -0.406. The van der Waals surface area contributed by atoms with Crippen LogP contribution in [0.15, 0.2) is 40.9 Å². The van der Waals surface area contributed by atoms with Crippen LogP contribution in [0.2, 0.25) is 0 Å². The number of hydrogen-bond donors (Lipinski definition) is 2. The van der Waals surface area contributed by atoms with Gasteiger partial charge in [0.15, 0.2) is 11.5 Å². The number of aromatic nitrogens is 1. The minimum atomic E-state index is -1.15. The first-order valence-electron chi connectivity index (χ1n) is 9.14. The van der Waals surface area contributed by atoms with Crippen molar-refractivity contribution in [2.75, 3.05) is 6.54 Å². The zero-order valence-corrected chi connectivity index (χ0v) is 15.9. The van der Waals surface area contributed by atoms with E-state index in [4.69, 9.17) is 4.42 Å². The fourth-order valence-corrected chi connectivity index (χ4v) is 2.88. The van der Waals surface area contributed by atoms with Crippen LogP contribution in [0.3, 0.4) is 0 Å². The molecule has 2 aromatic rings. The second kappa shape index (κ2) is 8.28. The molecule has 1 fully saturated rings. The van der Waals surface area contributed by atoms with Crippen LogP contribution >= 0.6 is 0 Å². The van der Waals surface area contributed by atoms with Gasteiger partial charge in [-0.2, -0.15) is 0 Å². The van der Waals surface area contributed by atoms with Crippen LogP contribution in [0.1, 0.15) is 48.7 Å². The summed E-state index contributed by atoms with van der Waals surface area (Å²) in [7, 11) is 0. The summed E-state index contributed by atoms with van der Waals surface area (Å²) in [5, 5.41) is 12.6. The molecular weight excluding hydrogens is 358 g/mol. The van der Waals surface area contributed by atoms with Crippen molar-refractivity contribution in [2.24, 2.45) is 0 Å². The monoisotopic (exact) mass is 381 g/mol. The number of nitrogens with one attached hydrogen (secondary N) is 1. The summed E-state index contributed by atoms with van der Waals surface area (Å²) in [4.78, 5) is 30.4. The van der Waals surface area contributed by atoms with E-state index in [1.807, 2.05) is 18.2 Å². The number of rotatable bonds is 5. The van der Waals surface area contributed by atoms with Gasteiger partial charge < -0.3 is 19.7 Å². The SMILES string of the molecule is CC(C)(O)C#Cc1ccc(C(=O)N(Cc2ccccn2)C[C@@H]2CCC(=O)N2)o1. The molecule has 0 saturated carbocycles. The highest BCUT2D eigenvalue weighted by Gasteiger charge is 2.27. The molecule has 28 heavy (non-hydrogen) atoms. The van der Waals surface area contributed by atoms with E-state index in [-0.39, 0.29) is 23.6 Å². The van der Waals surface area contributed by atoms with Gasteiger partial charge in [0.05, 0.1) is 12.2 Å². The van der Waals surface area contributed by atoms with E-state index in [9.17, 15) is 14.7 Å². The molecule has 0 spiro atoms. The van der Waals surface area contributed by atoms with Crippen LogP contribution < -0.4 is 5.32 Å². The highest BCUT2D eigenvalue weighted by molar-refractivity contribution is 5.91. The summed E-state index contributed by atoms with van der Waals surface area (Å²) in [6.45, 7) is 3.81. The molecule has 2 N–H and O–H groups in total. The van der Waals surface area contributed by atoms with E-state index in [1.54, 1.807) is 37.1 Å². The van der Waals surface area contributed by atoms with Gasteiger partial charge in [0.25, 0.3) is 5.91 Å². The number of carbonyl (C=O) groups is 2. The molecule has 1 saturated heterocycles. The normalized spacial score (nSPS) is 16.2. The zero-order valence-electron chi connectivity index (χ0n) is 15.9. The van der Waals surface area contributed by atoms with Crippen LogP contribution in [0.4, 0.5) is 0 Å². The van der Waals surface area contributed by atoms with Crippen LogP contribution in [0.25, 0.3) is 0 Å². The lowest BCUT2D eigenvalue weighted by molar-refractivity contribution is -0.119. The maximum atomic E-state index is 13.0. The minimum absolute atomic E-state index is 0.00240. The lowest BCUT2D eigenvalue weighted by atomic mass is 10.1. The molecule has 0 bridgehead atoms. The van der Waals surface area contributed by atoms with Crippen molar-refractivity contribution in [2.45, 2.75) is 44.9 Å². The van der Waals surface area contributed by atoms with Crippen LogP contribution in [0, 0.1) is 11.8 Å². The fourth-order valence-electron chi connectivity index (χ4n) is 2.88. The van der Waals surface area contributed by atoms with E-state index in [0.717, 1.165) is 5.69 Å². The third-order valence-electron chi connectivity index (χ3n) is 4.20. The van der Waals surface area contributed by atoms with Crippen molar-refractivity contribution in [3.8, 4) is 11.8 Å². The summed E-state index contributed by atoms with van der Waals surface area (Å²) >= 11 is 0. The van der Waals surface area contributed by atoms with Gasteiger partial charge in [-0.25, -0.2) is 0 Å². The average Bonchev–Trinajstić information content (AvgIpc) is 3.28. The van der Waals surface area contributed by atoms with E-state index >= 15 is 0 Å². The first kappa shape index (κ1) is 19.6. The molecular formula is C21H23N3O4. The van der Waals surface area contributed by atoms with Crippen LogP contribution in [-0.2, 0) is 11.3 Å². The molecule has 1 aliphatic rings. The smallest absolute Gasteiger partial charge is 0.290 e. The first-order chi connectivity index (χ1) is 13.3. The highest BCUT2D eigenvalue weighted by atomic mass is 16.4. The Kier molecular flexibility index (Phi) is 5.81. The van der Waals surface area contributed by atoms with Gasteiger partial charge in [0, 0.05) is 25.2 Å². The fraction of sp³-hybridized carbons (Fsp3) is 0.381. The van der Waals surface area contributed by atoms with Gasteiger partial charge in [0.1, 0.15) is 5.60 Å². The van der Waals surface area contributed by atoms with E-state index in [1.165, 1.54) is 0 Å². The Hall–Kier alpha value is -3.11. The molecule has 1 atom stereocenters. The van der Waals surface area contributed by atoms with Gasteiger partial charge in [-0.1, -0.05) is 12.0 Å². The standard InChI is InChI=1S/C21H23N3O4/c1-21(2,27)11-10-17-7-8-18(28-17)20(26)24(13-15-5-3-4-12-22-15)14-16-6-9-19(25)23-16/h3-5,7-8,12,16,27H,6,9,13-14H2,1-2H3,(H,23,25)/t16-/m0/s1. The zero-order chi connectivity index (χ0) is 20.1. The molecule has 0 unspecified atom stereocenters. The predicted octanol–water partition coefficient (Wildman–Crippen LogP) is 1.72. The number of nitrogens with zero attached hydrogens (tertiary/aromatic N) is 2. The summed E-state index contributed by atoms with van der Waals surface area (Å²) in [5.74, 6) is 5.52. The number of furan rings is 1. The summed E-state index contributed by atoms with van der Waals surface area (Å²) in [6.07, 6.45) is 2.82. The summed E-state index contributed by atoms with van der Waals surface area (Å²) < 4.78 is 5.56. The maximum absolute atomic E-state index is 13.0. The number of carbonyl (C=O) groups excluding carboxylic acids is 2. The quantitative estimate of drug-likeness (QED) is 0.769. The molecule has 0 radical (unpaired) electrons. The average molecular weight is 381 g/mol. The molecule has 2 amide bonds. The van der Waals surface area contributed by atoms with E-state index < -0.39 is 5.60 Å². The van der Waals surface area contributed by atoms with Gasteiger partial charge in [-0.05, 0) is 50.5 Å². The van der Waals surface area contributed by atoms with Gasteiger partial charge in [-0.15, -0.1) is 0 Å². The van der Waals surface area contributed by atoms with Crippen LogP contribution in [-0.4, -0.2) is 45.0 Å². The van der Waals surface area contributed by atoms with E-state index in [2.05, 4.69) is 22.1 Å². The number of hydrogen-bond acceptors (Lipinski definition) is 5. The van der Waals surface area contributed by atoms with Gasteiger partial charge in [0.2, 0.25) is 5.91 Å². The van der Waals surface area contributed by atoms with Crippen molar-refractivity contribution in [1.29, 1.82) is 0 Å². The Morgan fingerprint density at radius 3 is 2.86 bits per heavy atom. The third kappa shape index (κ3) is 5.44. The lowest BCUT2D eigenvalue weighted by Crippen LogP contribution is -2.41. The molecule has 3 heterocycles. The molecule has 7 nitrogen and oxygen atoms in total.